The van der Waals surface area contributed by atoms with Crippen LogP contribution in [-0.2, 0) is 13.1 Å². The van der Waals surface area contributed by atoms with Crippen molar-refractivity contribution in [3.63, 3.8) is 0 Å². The van der Waals surface area contributed by atoms with Gasteiger partial charge in [0.05, 0.1) is 7.11 Å². The number of nitrogens with zero attached hydrogens (tertiary/aromatic N) is 1. The molecule has 1 aliphatic heterocycles. The second-order valence-corrected chi connectivity index (χ2v) is 6.20. The van der Waals surface area contributed by atoms with E-state index in [0.29, 0.717) is 0 Å². The van der Waals surface area contributed by atoms with Gasteiger partial charge in [-0.1, -0.05) is 6.92 Å². The molecule has 1 aromatic heterocycles. The summed E-state index contributed by atoms with van der Waals surface area (Å²) in [6, 6.07) is 8.29. The van der Waals surface area contributed by atoms with Gasteiger partial charge in [0.1, 0.15) is 17.6 Å². The zero-order valence-electron chi connectivity index (χ0n) is 12.5. The molecule has 0 saturated carbocycles. The minimum absolute atomic E-state index is 0.248. The van der Waals surface area contributed by atoms with E-state index in [1.54, 1.807) is 18.4 Å². The number of hydrogen-bond donors (Lipinski definition) is 0. The molecule has 4 heteroatoms. The lowest BCUT2D eigenvalue weighted by Crippen LogP contribution is -2.31. The minimum Gasteiger partial charge on any atom is -0.497 e. The van der Waals surface area contributed by atoms with Crippen LogP contribution in [0.5, 0.6) is 11.5 Å². The molecular formula is C17H21NO2S. The lowest BCUT2D eigenvalue weighted by molar-refractivity contribution is 0.139. The first kappa shape index (κ1) is 14.4. The molecule has 2 heterocycles. The molecule has 0 N–H and O–H groups in total. The summed E-state index contributed by atoms with van der Waals surface area (Å²) in [7, 11) is 1.71. The predicted molar refractivity (Wildman–Crippen MR) is 86.1 cm³/mol. The normalized spacial score (nSPS) is 18.7. The molecule has 112 valence electrons. The highest BCUT2D eigenvalue weighted by Crippen LogP contribution is 2.30. The van der Waals surface area contributed by atoms with Crippen LogP contribution in [0.3, 0.4) is 0 Å². The molecule has 1 atom stereocenters. The molecule has 0 unspecified atom stereocenters. The van der Waals surface area contributed by atoms with Gasteiger partial charge in [-0.2, -0.15) is 11.3 Å². The summed E-state index contributed by atoms with van der Waals surface area (Å²) in [5.74, 6) is 1.89. The van der Waals surface area contributed by atoms with Gasteiger partial charge in [-0.3, -0.25) is 4.90 Å². The molecule has 0 fully saturated rings. The largest absolute Gasteiger partial charge is 0.497 e. The van der Waals surface area contributed by atoms with Gasteiger partial charge < -0.3 is 9.47 Å². The van der Waals surface area contributed by atoms with Gasteiger partial charge in [-0.05, 0) is 47.0 Å². The van der Waals surface area contributed by atoms with Crippen LogP contribution in [0.1, 0.15) is 24.5 Å². The molecule has 1 aromatic carbocycles. The zero-order chi connectivity index (χ0) is 14.7. The van der Waals surface area contributed by atoms with E-state index in [0.717, 1.165) is 37.6 Å². The third-order valence-electron chi connectivity index (χ3n) is 3.86. The molecule has 0 aliphatic carbocycles. The Morgan fingerprint density at radius 1 is 1.38 bits per heavy atom. The number of fused-ring (bicyclic) bond motifs is 1. The van der Waals surface area contributed by atoms with Crippen LogP contribution in [0.4, 0.5) is 0 Å². The summed E-state index contributed by atoms with van der Waals surface area (Å²) < 4.78 is 11.5. The summed E-state index contributed by atoms with van der Waals surface area (Å²) in [6.07, 6.45) is 1.27. The van der Waals surface area contributed by atoms with Gasteiger partial charge >= 0.3 is 0 Å². The lowest BCUT2D eigenvalue weighted by Gasteiger charge is -2.22. The Kier molecular flexibility index (Phi) is 4.46. The molecule has 0 radical (unpaired) electrons. The Balaban J connectivity index is 1.85. The maximum Gasteiger partial charge on any atom is 0.124 e. The van der Waals surface area contributed by atoms with E-state index in [2.05, 4.69) is 34.7 Å². The van der Waals surface area contributed by atoms with Crippen LogP contribution in [0, 0.1) is 0 Å². The van der Waals surface area contributed by atoms with E-state index < -0.39 is 0 Å². The summed E-state index contributed by atoms with van der Waals surface area (Å²) >= 11 is 1.75. The highest BCUT2D eigenvalue weighted by molar-refractivity contribution is 7.07. The summed E-state index contributed by atoms with van der Waals surface area (Å²) in [5, 5.41) is 4.36. The lowest BCUT2D eigenvalue weighted by atomic mass is 10.1. The Morgan fingerprint density at radius 3 is 3.00 bits per heavy atom. The number of methoxy groups -OCH3 is 1. The molecular weight excluding hydrogens is 282 g/mol. The Bertz CT molecular complexity index is 582. The molecule has 21 heavy (non-hydrogen) atoms. The second kappa shape index (κ2) is 6.50. The van der Waals surface area contributed by atoms with Crippen molar-refractivity contribution < 1.29 is 9.47 Å². The van der Waals surface area contributed by atoms with E-state index in [4.69, 9.17) is 9.47 Å². The fourth-order valence-electron chi connectivity index (χ4n) is 2.71. The van der Waals surface area contributed by atoms with E-state index in [1.807, 2.05) is 12.1 Å². The molecule has 0 spiro atoms. The molecule has 2 aromatic rings. The fourth-order valence-corrected chi connectivity index (χ4v) is 3.37. The molecule has 3 rings (SSSR count). The molecule has 0 bridgehead atoms. The topological polar surface area (TPSA) is 21.7 Å². The first-order chi connectivity index (χ1) is 10.3. The van der Waals surface area contributed by atoms with Crippen molar-refractivity contribution in [2.24, 2.45) is 0 Å². The van der Waals surface area contributed by atoms with Crippen molar-refractivity contribution in [1.82, 2.24) is 4.90 Å². The SMILES string of the molecule is CC[C@@H]1CN(Cc2ccsc2)Cc2cc(OC)ccc2O1. The number of thiophene rings is 1. The summed E-state index contributed by atoms with van der Waals surface area (Å²) in [6.45, 7) is 5.02. The average molecular weight is 303 g/mol. The number of ether oxygens (including phenoxy) is 2. The molecule has 0 saturated heterocycles. The first-order valence-corrected chi connectivity index (χ1v) is 8.29. The van der Waals surface area contributed by atoms with Crippen LogP contribution in [-0.4, -0.2) is 24.7 Å². The van der Waals surface area contributed by atoms with Crippen LogP contribution in [0.25, 0.3) is 0 Å². The van der Waals surface area contributed by atoms with Crippen LogP contribution < -0.4 is 9.47 Å². The zero-order valence-corrected chi connectivity index (χ0v) is 13.4. The van der Waals surface area contributed by atoms with Crippen molar-refractivity contribution in [3.05, 3.63) is 46.2 Å². The van der Waals surface area contributed by atoms with Crippen molar-refractivity contribution in [2.75, 3.05) is 13.7 Å². The van der Waals surface area contributed by atoms with Crippen molar-refractivity contribution >= 4 is 11.3 Å². The van der Waals surface area contributed by atoms with Crippen LogP contribution in [0.2, 0.25) is 0 Å². The van der Waals surface area contributed by atoms with Gasteiger partial charge in [-0.25, -0.2) is 0 Å². The van der Waals surface area contributed by atoms with Gasteiger partial charge in [0.25, 0.3) is 0 Å². The summed E-state index contributed by atoms with van der Waals surface area (Å²) in [5.41, 5.74) is 2.58. The minimum atomic E-state index is 0.248. The maximum atomic E-state index is 6.16. The number of hydrogen-bond acceptors (Lipinski definition) is 4. The van der Waals surface area contributed by atoms with Gasteiger partial charge in [-0.15, -0.1) is 0 Å². The summed E-state index contributed by atoms with van der Waals surface area (Å²) in [4.78, 5) is 2.46. The van der Waals surface area contributed by atoms with Crippen molar-refractivity contribution in [2.45, 2.75) is 32.5 Å². The predicted octanol–water partition coefficient (Wildman–Crippen LogP) is 3.93. The quantitative estimate of drug-likeness (QED) is 0.854. The average Bonchev–Trinajstić information content (AvgIpc) is 2.93. The molecule has 0 amide bonds. The van der Waals surface area contributed by atoms with Crippen LogP contribution in [0.15, 0.2) is 35.0 Å². The third kappa shape index (κ3) is 3.39. The maximum absolute atomic E-state index is 6.16. The fraction of sp³-hybridized carbons (Fsp3) is 0.412. The third-order valence-corrected chi connectivity index (χ3v) is 4.59. The standard InChI is InChI=1S/C17H21NO2S/c1-3-15-11-18(9-13-6-7-21-12-13)10-14-8-16(19-2)4-5-17(14)20-15/h4-8,12,15H,3,9-11H2,1-2H3/t15-/m1/s1. The molecule has 1 aliphatic rings. The van der Waals surface area contributed by atoms with Crippen molar-refractivity contribution in [1.29, 1.82) is 0 Å². The van der Waals surface area contributed by atoms with E-state index in [9.17, 15) is 0 Å². The molecule has 3 nitrogen and oxygen atoms in total. The van der Waals surface area contributed by atoms with Gasteiger partial charge in [0, 0.05) is 25.2 Å². The monoisotopic (exact) mass is 303 g/mol. The number of benzene rings is 1. The van der Waals surface area contributed by atoms with E-state index in [-0.39, 0.29) is 6.10 Å². The van der Waals surface area contributed by atoms with E-state index in [1.165, 1.54) is 11.1 Å². The van der Waals surface area contributed by atoms with Gasteiger partial charge in [0.15, 0.2) is 0 Å². The Labute approximate surface area is 130 Å². The van der Waals surface area contributed by atoms with Crippen LogP contribution >= 0.6 is 11.3 Å². The van der Waals surface area contributed by atoms with Gasteiger partial charge in [0.2, 0.25) is 0 Å². The Hall–Kier alpha value is -1.52. The van der Waals surface area contributed by atoms with Crippen molar-refractivity contribution in [3.8, 4) is 11.5 Å². The van der Waals surface area contributed by atoms with E-state index >= 15 is 0 Å². The highest BCUT2D eigenvalue weighted by Gasteiger charge is 2.22. The first-order valence-electron chi connectivity index (χ1n) is 7.35. The smallest absolute Gasteiger partial charge is 0.124 e. The highest BCUT2D eigenvalue weighted by atomic mass is 32.1. The Morgan fingerprint density at radius 2 is 2.29 bits per heavy atom. The number of rotatable bonds is 4. The second-order valence-electron chi connectivity index (χ2n) is 5.42.